The number of hydrogen-bond donors (Lipinski definition) is 2. The van der Waals surface area contributed by atoms with Gasteiger partial charge in [0.15, 0.2) is 0 Å². The Morgan fingerprint density at radius 2 is 1.88 bits per heavy atom. The largest absolute Gasteiger partial charge is 0.492 e. The molecular weight excluding hydrogens is 332 g/mol. The van der Waals surface area contributed by atoms with Crippen molar-refractivity contribution in [2.24, 2.45) is 0 Å². The predicted octanol–water partition coefficient (Wildman–Crippen LogP) is 1.49. The molecule has 0 bridgehead atoms. The van der Waals surface area contributed by atoms with E-state index in [1.54, 1.807) is 18.3 Å². The summed E-state index contributed by atoms with van der Waals surface area (Å²) >= 11 is 0. The molecule has 1 fully saturated rings. The first-order valence-electron chi connectivity index (χ1n) is 8.72. The molecule has 26 heavy (non-hydrogen) atoms. The molecule has 0 radical (unpaired) electrons. The number of rotatable bonds is 7. The molecule has 1 unspecified atom stereocenters. The molecular formula is C19H24N4O3. The fourth-order valence-corrected chi connectivity index (χ4v) is 3.14. The van der Waals surface area contributed by atoms with E-state index >= 15 is 0 Å². The van der Waals surface area contributed by atoms with Gasteiger partial charge >= 0.3 is 5.97 Å². The lowest BCUT2D eigenvalue weighted by molar-refractivity contribution is -0.144. The molecule has 7 heteroatoms. The van der Waals surface area contributed by atoms with Crippen molar-refractivity contribution in [1.29, 1.82) is 0 Å². The van der Waals surface area contributed by atoms with Crippen LogP contribution in [0.2, 0.25) is 0 Å². The molecule has 0 aliphatic carbocycles. The second kappa shape index (κ2) is 8.64. The summed E-state index contributed by atoms with van der Waals surface area (Å²) in [4.78, 5) is 20.1. The maximum Gasteiger partial charge on any atom is 0.325 e. The van der Waals surface area contributed by atoms with Crippen LogP contribution in [0.25, 0.3) is 0 Å². The highest BCUT2D eigenvalue weighted by Gasteiger charge is 2.30. The van der Waals surface area contributed by atoms with Gasteiger partial charge in [-0.3, -0.25) is 14.6 Å². The topological polar surface area (TPSA) is 91.9 Å². The van der Waals surface area contributed by atoms with Gasteiger partial charge in [0.05, 0.1) is 0 Å². The number of para-hydroxylation sites is 1. The lowest BCUT2D eigenvalue weighted by atomic mass is 10.1. The van der Waals surface area contributed by atoms with Gasteiger partial charge in [0.1, 0.15) is 24.2 Å². The van der Waals surface area contributed by atoms with Crippen molar-refractivity contribution in [2.75, 3.05) is 45.1 Å². The molecule has 3 rings (SSSR count). The monoisotopic (exact) mass is 356 g/mol. The number of ether oxygens (including phenoxy) is 1. The minimum Gasteiger partial charge on any atom is -0.492 e. The first-order chi connectivity index (χ1) is 12.6. The Kier molecular flexibility index (Phi) is 6.04. The third kappa shape index (κ3) is 4.71. The van der Waals surface area contributed by atoms with Gasteiger partial charge in [-0.15, -0.1) is 0 Å². The number of piperazine rings is 1. The summed E-state index contributed by atoms with van der Waals surface area (Å²) in [5, 5.41) is 9.65. The van der Waals surface area contributed by atoms with Crippen LogP contribution in [0.4, 0.5) is 5.82 Å². The van der Waals surface area contributed by atoms with Gasteiger partial charge in [0, 0.05) is 38.9 Å². The number of pyridine rings is 1. The van der Waals surface area contributed by atoms with Gasteiger partial charge < -0.3 is 15.6 Å². The van der Waals surface area contributed by atoms with E-state index in [0.717, 1.165) is 25.4 Å². The highest BCUT2D eigenvalue weighted by atomic mass is 16.5. The number of nitrogens with zero attached hydrogens (tertiary/aromatic N) is 3. The van der Waals surface area contributed by atoms with Crippen molar-refractivity contribution in [2.45, 2.75) is 6.04 Å². The van der Waals surface area contributed by atoms with E-state index in [2.05, 4.69) is 9.88 Å². The molecule has 3 N–H and O–H groups in total. The molecule has 2 heterocycles. The molecule has 1 aliphatic rings. The van der Waals surface area contributed by atoms with E-state index in [1.165, 1.54) is 0 Å². The number of nitrogens with two attached hydrogens (primary N) is 1. The number of carbonyl (C=O) groups is 1. The highest BCUT2D eigenvalue weighted by molar-refractivity contribution is 5.75. The number of carboxylic acid groups (broad SMARTS) is 1. The Hall–Kier alpha value is -2.64. The summed E-state index contributed by atoms with van der Waals surface area (Å²) in [5.74, 6) is 0.395. The summed E-state index contributed by atoms with van der Waals surface area (Å²) in [7, 11) is 0. The molecule has 1 atom stereocenters. The Morgan fingerprint density at radius 1 is 1.15 bits per heavy atom. The molecule has 1 aromatic carbocycles. The summed E-state index contributed by atoms with van der Waals surface area (Å²) in [6, 6.07) is 12.4. The smallest absolute Gasteiger partial charge is 0.325 e. The zero-order valence-corrected chi connectivity index (χ0v) is 14.6. The van der Waals surface area contributed by atoms with E-state index in [1.807, 2.05) is 35.2 Å². The number of nitrogen functional groups attached to an aromatic ring is 1. The normalized spacial score (nSPS) is 16.9. The van der Waals surface area contributed by atoms with Crippen LogP contribution in [0.3, 0.4) is 0 Å². The number of benzene rings is 1. The quantitative estimate of drug-likeness (QED) is 0.776. The SMILES string of the molecule is Nc1ccc(C(C(=O)O)N2CCN(CCOc3ccccc3)CC2)cn1. The number of anilines is 1. The molecule has 0 spiro atoms. The minimum absolute atomic E-state index is 0.390. The number of aromatic nitrogens is 1. The van der Waals surface area contributed by atoms with E-state index < -0.39 is 12.0 Å². The van der Waals surface area contributed by atoms with Crippen molar-refractivity contribution in [1.82, 2.24) is 14.8 Å². The molecule has 1 saturated heterocycles. The molecule has 0 amide bonds. The average Bonchev–Trinajstić information content (AvgIpc) is 2.65. The van der Waals surface area contributed by atoms with Gasteiger partial charge in [-0.1, -0.05) is 24.3 Å². The van der Waals surface area contributed by atoms with Crippen LogP contribution < -0.4 is 10.5 Å². The van der Waals surface area contributed by atoms with Crippen LogP contribution in [-0.2, 0) is 4.79 Å². The van der Waals surface area contributed by atoms with Gasteiger partial charge in [0.25, 0.3) is 0 Å². The fraction of sp³-hybridized carbons (Fsp3) is 0.368. The van der Waals surface area contributed by atoms with Crippen LogP contribution in [0.15, 0.2) is 48.7 Å². The van der Waals surface area contributed by atoms with Gasteiger partial charge in [0.2, 0.25) is 0 Å². The van der Waals surface area contributed by atoms with Crippen LogP contribution >= 0.6 is 0 Å². The summed E-state index contributed by atoms with van der Waals surface area (Å²) in [5.41, 5.74) is 6.26. The second-order valence-electron chi connectivity index (χ2n) is 6.30. The van der Waals surface area contributed by atoms with Crippen LogP contribution in [0.5, 0.6) is 5.75 Å². The number of hydrogen-bond acceptors (Lipinski definition) is 6. The van der Waals surface area contributed by atoms with Crippen molar-refractivity contribution in [3.63, 3.8) is 0 Å². The Morgan fingerprint density at radius 3 is 2.50 bits per heavy atom. The first-order valence-corrected chi connectivity index (χ1v) is 8.72. The van der Waals surface area contributed by atoms with Crippen molar-refractivity contribution >= 4 is 11.8 Å². The van der Waals surface area contributed by atoms with Gasteiger partial charge in [-0.05, 0) is 23.8 Å². The number of carboxylic acids is 1. The third-order valence-corrected chi connectivity index (χ3v) is 4.55. The standard InChI is InChI=1S/C19H24N4O3/c20-17-7-6-15(14-21-17)18(19(24)25)23-10-8-22(9-11-23)12-13-26-16-4-2-1-3-5-16/h1-7,14,18H,8-13H2,(H2,20,21)(H,24,25). The average molecular weight is 356 g/mol. The third-order valence-electron chi connectivity index (χ3n) is 4.55. The van der Waals surface area contributed by atoms with Crippen LogP contribution in [0, 0.1) is 0 Å². The molecule has 1 aliphatic heterocycles. The lowest BCUT2D eigenvalue weighted by Gasteiger charge is -2.37. The maximum atomic E-state index is 11.8. The summed E-state index contributed by atoms with van der Waals surface area (Å²) in [6.45, 7) is 4.44. The van der Waals surface area contributed by atoms with E-state index in [0.29, 0.717) is 31.1 Å². The highest BCUT2D eigenvalue weighted by Crippen LogP contribution is 2.22. The first kappa shape index (κ1) is 18.2. The van der Waals surface area contributed by atoms with E-state index in [4.69, 9.17) is 10.5 Å². The Labute approximate surface area is 153 Å². The Balaban J connectivity index is 1.50. The van der Waals surface area contributed by atoms with Crippen molar-refractivity contribution in [3.05, 3.63) is 54.2 Å². The summed E-state index contributed by atoms with van der Waals surface area (Å²) in [6.07, 6.45) is 1.55. The minimum atomic E-state index is -0.863. The zero-order chi connectivity index (χ0) is 18.4. The second-order valence-corrected chi connectivity index (χ2v) is 6.30. The molecule has 1 aromatic heterocycles. The molecule has 2 aromatic rings. The van der Waals surface area contributed by atoms with E-state index in [-0.39, 0.29) is 0 Å². The van der Waals surface area contributed by atoms with Gasteiger partial charge in [-0.25, -0.2) is 4.98 Å². The molecule has 0 saturated carbocycles. The fourth-order valence-electron chi connectivity index (χ4n) is 3.14. The van der Waals surface area contributed by atoms with Gasteiger partial charge in [-0.2, -0.15) is 0 Å². The van der Waals surface area contributed by atoms with Crippen LogP contribution in [0.1, 0.15) is 11.6 Å². The predicted molar refractivity (Wildman–Crippen MR) is 99.0 cm³/mol. The molecule has 7 nitrogen and oxygen atoms in total. The van der Waals surface area contributed by atoms with Crippen LogP contribution in [-0.4, -0.2) is 65.2 Å². The van der Waals surface area contributed by atoms with Crippen molar-refractivity contribution in [3.8, 4) is 5.75 Å². The van der Waals surface area contributed by atoms with E-state index in [9.17, 15) is 9.90 Å². The zero-order valence-electron chi connectivity index (χ0n) is 14.6. The molecule has 138 valence electrons. The van der Waals surface area contributed by atoms with Crippen molar-refractivity contribution < 1.29 is 14.6 Å². The number of aliphatic carboxylic acids is 1. The summed E-state index contributed by atoms with van der Waals surface area (Å²) < 4.78 is 5.73. The Bertz CT molecular complexity index is 700. The lowest BCUT2D eigenvalue weighted by Crippen LogP contribution is -2.50. The maximum absolute atomic E-state index is 11.8.